The van der Waals surface area contributed by atoms with E-state index in [1.54, 1.807) is 0 Å². The summed E-state index contributed by atoms with van der Waals surface area (Å²) in [6.07, 6.45) is 0. The molecule has 0 aromatic carbocycles. The van der Waals surface area contributed by atoms with Gasteiger partial charge in [-0.3, -0.25) is 4.90 Å². The van der Waals surface area contributed by atoms with E-state index in [0.29, 0.717) is 0 Å². The van der Waals surface area contributed by atoms with Crippen molar-refractivity contribution in [3.63, 3.8) is 0 Å². The van der Waals surface area contributed by atoms with Gasteiger partial charge in [-0.05, 0) is 33.0 Å². The molecule has 0 N–H and O–H groups in total. The van der Waals surface area contributed by atoms with E-state index in [9.17, 15) is 0 Å². The maximum Gasteiger partial charge on any atom is 0.134 e. The average molecular weight is 263 g/mol. The molecule has 0 amide bonds. The van der Waals surface area contributed by atoms with Gasteiger partial charge in [0.15, 0.2) is 0 Å². The van der Waals surface area contributed by atoms with Crippen LogP contribution >= 0.6 is 0 Å². The minimum absolute atomic E-state index is 0.0713. The molecule has 104 valence electrons. The maximum absolute atomic E-state index is 5.63. The lowest BCUT2D eigenvalue weighted by atomic mass is 10.6. The summed E-state index contributed by atoms with van der Waals surface area (Å²) in [5, 5.41) is 0. The molecule has 0 fully saturated rings. The monoisotopic (exact) mass is 263 g/mol. The van der Waals surface area contributed by atoms with Gasteiger partial charge < -0.3 is 14.2 Å². The van der Waals surface area contributed by atoms with Crippen LogP contribution in [0.25, 0.3) is 0 Å². The molecule has 0 heterocycles. The van der Waals surface area contributed by atoms with Crippen LogP contribution < -0.4 is 0 Å². The first-order valence-corrected chi connectivity index (χ1v) is 8.63. The van der Waals surface area contributed by atoms with Gasteiger partial charge in [-0.25, -0.2) is 0 Å². The Morgan fingerprint density at radius 1 is 1.00 bits per heavy atom. The standard InChI is InChI=1S/C12H29NO3Si/c1-5-13(6-2)11-14-9-10-17-12(15-7-3)16-8-4/h12H,5-11,17H2,1-4H3. The van der Waals surface area contributed by atoms with E-state index < -0.39 is 0 Å². The molecule has 0 aromatic rings. The molecular weight excluding hydrogens is 234 g/mol. The van der Waals surface area contributed by atoms with Crippen LogP contribution in [0.2, 0.25) is 6.04 Å². The molecule has 0 aliphatic rings. The van der Waals surface area contributed by atoms with Crippen molar-refractivity contribution in [2.75, 3.05) is 39.6 Å². The highest BCUT2D eigenvalue weighted by Gasteiger charge is 2.08. The summed E-state index contributed by atoms with van der Waals surface area (Å²) in [5.74, 6) is 0.0713. The van der Waals surface area contributed by atoms with Gasteiger partial charge in [-0.15, -0.1) is 0 Å². The number of nitrogens with zero attached hydrogens (tertiary/aromatic N) is 1. The maximum atomic E-state index is 5.63. The van der Waals surface area contributed by atoms with Gasteiger partial charge >= 0.3 is 0 Å². The smallest absolute Gasteiger partial charge is 0.134 e. The Balaban J connectivity index is 3.46. The van der Waals surface area contributed by atoms with E-state index in [2.05, 4.69) is 18.7 Å². The Labute approximate surface area is 108 Å². The number of rotatable bonds is 12. The molecular formula is C12H29NO3Si. The molecule has 0 aliphatic heterocycles. The fraction of sp³-hybridized carbons (Fsp3) is 1.00. The average Bonchev–Trinajstić information content (AvgIpc) is 2.34. The SMILES string of the molecule is CCOC(OCC)[SiH2]CCOCN(CC)CC. The van der Waals surface area contributed by atoms with Crippen LogP contribution in [0.4, 0.5) is 0 Å². The first kappa shape index (κ1) is 17.1. The summed E-state index contributed by atoms with van der Waals surface area (Å²) in [6.45, 7) is 13.5. The highest BCUT2D eigenvalue weighted by Crippen LogP contribution is 1.97. The summed E-state index contributed by atoms with van der Waals surface area (Å²) in [4.78, 5) is 2.27. The third kappa shape index (κ3) is 9.73. The molecule has 4 nitrogen and oxygen atoms in total. The minimum atomic E-state index is -0.342. The zero-order chi connectivity index (χ0) is 12.9. The van der Waals surface area contributed by atoms with Crippen LogP contribution in [-0.2, 0) is 14.2 Å². The van der Waals surface area contributed by atoms with Gasteiger partial charge in [0.05, 0.1) is 16.3 Å². The highest BCUT2D eigenvalue weighted by molar-refractivity contribution is 6.36. The summed E-state index contributed by atoms with van der Waals surface area (Å²) < 4.78 is 16.7. The van der Waals surface area contributed by atoms with E-state index in [1.807, 2.05) is 13.8 Å². The number of hydrogen-bond acceptors (Lipinski definition) is 4. The Bertz CT molecular complexity index is 151. The lowest BCUT2D eigenvalue weighted by Crippen LogP contribution is -2.28. The zero-order valence-corrected chi connectivity index (χ0v) is 13.3. The van der Waals surface area contributed by atoms with Crippen LogP contribution in [0.3, 0.4) is 0 Å². The summed E-state index contributed by atoms with van der Waals surface area (Å²) in [6, 6.07) is 1.12. The molecule has 0 rings (SSSR count). The first-order valence-electron chi connectivity index (χ1n) is 6.81. The third-order valence-corrected chi connectivity index (χ3v) is 4.24. The van der Waals surface area contributed by atoms with E-state index in [-0.39, 0.29) is 15.4 Å². The molecule has 0 spiro atoms. The number of hydrogen-bond donors (Lipinski definition) is 0. The molecule has 17 heavy (non-hydrogen) atoms. The Kier molecular flexibility index (Phi) is 12.6. The molecule has 5 heteroatoms. The van der Waals surface area contributed by atoms with Crippen LogP contribution in [0.15, 0.2) is 0 Å². The second-order valence-electron chi connectivity index (χ2n) is 3.82. The number of ether oxygens (including phenoxy) is 3. The van der Waals surface area contributed by atoms with Crippen molar-refractivity contribution in [2.45, 2.75) is 39.7 Å². The summed E-state index contributed by atoms with van der Waals surface area (Å²) in [7, 11) is -0.342. The molecule has 0 radical (unpaired) electrons. The Hall–Kier alpha value is 0.0569. The van der Waals surface area contributed by atoms with E-state index in [0.717, 1.165) is 45.7 Å². The fourth-order valence-electron chi connectivity index (χ4n) is 1.54. The quantitative estimate of drug-likeness (QED) is 0.301. The van der Waals surface area contributed by atoms with Crippen molar-refractivity contribution < 1.29 is 14.2 Å². The van der Waals surface area contributed by atoms with Crippen molar-refractivity contribution in [1.82, 2.24) is 4.90 Å². The second kappa shape index (κ2) is 12.5. The van der Waals surface area contributed by atoms with E-state index in [4.69, 9.17) is 14.2 Å². The fourth-order valence-corrected chi connectivity index (χ4v) is 3.05. The van der Waals surface area contributed by atoms with Crippen molar-refractivity contribution in [3.8, 4) is 0 Å². The second-order valence-corrected chi connectivity index (χ2v) is 5.77. The van der Waals surface area contributed by atoms with E-state index in [1.165, 1.54) is 0 Å². The molecule has 0 aromatic heterocycles. The Morgan fingerprint density at radius 3 is 2.06 bits per heavy atom. The zero-order valence-electron chi connectivity index (χ0n) is 11.9. The van der Waals surface area contributed by atoms with Crippen molar-refractivity contribution in [3.05, 3.63) is 0 Å². The molecule has 0 unspecified atom stereocenters. The van der Waals surface area contributed by atoms with Gasteiger partial charge in [0.25, 0.3) is 0 Å². The lowest BCUT2D eigenvalue weighted by molar-refractivity contribution is -0.0832. The lowest BCUT2D eigenvalue weighted by Gasteiger charge is -2.19. The third-order valence-electron chi connectivity index (χ3n) is 2.60. The molecule has 0 saturated heterocycles. The molecule has 0 saturated carbocycles. The topological polar surface area (TPSA) is 30.9 Å². The van der Waals surface area contributed by atoms with Gasteiger partial charge in [-0.1, -0.05) is 13.8 Å². The molecule has 0 bridgehead atoms. The predicted octanol–water partition coefficient (Wildman–Crippen LogP) is 1.25. The normalized spacial score (nSPS) is 12.4. The molecule has 0 aliphatic carbocycles. The van der Waals surface area contributed by atoms with Gasteiger partial charge in [-0.2, -0.15) is 0 Å². The largest absolute Gasteiger partial charge is 0.366 e. The van der Waals surface area contributed by atoms with Crippen molar-refractivity contribution in [1.29, 1.82) is 0 Å². The summed E-state index contributed by atoms with van der Waals surface area (Å²) in [5.41, 5.74) is 0. The Morgan fingerprint density at radius 2 is 1.59 bits per heavy atom. The van der Waals surface area contributed by atoms with Crippen molar-refractivity contribution >= 4 is 9.52 Å². The van der Waals surface area contributed by atoms with Gasteiger partial charge in [0.1, 0.15) is 5.91 Å². The predicted molar refractivity (Wildman–Crippen MR) is 74.1 cm³/mol. The van der Waals surface area contributed by atoms with Gasteiger partial charge in [0, 0.05) is 19.8 Å². The van der Waals surface area contributed by atoms with Gasteiger partial charge in [0.2, 0.25) is 0 Å². The van der Waals surface area contributed by atoms with Crippen molar-refractivity contribution in [2.24, 2.45) is 0 Å². The van der Waals surface area contributed by atoms with Crippen LogP contribution in [0.5, 0.6) is 0 Å². The van der Waals surface area contributed by atoms with Crippen LogP contribution in [-0.4, -0.2) is 60.0 Å². The minimum Gasteiger partial charge on any atom is -0.366 e. The first-order chi connectivity index (χ1) is 8.28. The van der Waals surface area contributed by atoms with E-state index >= 15 is 0 Å². The summed E-state index contributed by atoms with van der Waals surface area (Å²) >= 11 is 0. The highest BCUT2D eigenvalue weighted by atomic mass is 28.2. The van der Waals surface area contributed by atoms with Crippen LogP contribution in [0, 0.1) is 0 Å². The van der Waals surface area contributed by atoms with Crippen LogP contribution in [0.1, 0.15) is 27.7 Å². The molecule has 0 atom stereocenters.